The smallest absolute Gasteiger partial charge is 0.271 e. The molecule has 1 aliphatic rings. The summed E-state index contributed by atoms with van der Waals surface area (Å²) in [5.41, 5.74) is 11.6. The maximum absolute atomic E-state index is 12.6. The Hall–Kier alpha value is -3.81. The summed E-state index contributed by atoms with van der Waals surface area (Å²) in [5.74, 6) is -0.113. The fourth-order valence-corrected chi connectivity index (χ4v) is 6.63. The van der Waals surface area contributed by atoms with E-state index in [0.29, 0.717) is 17.7 Å². The van der Waals surface area contributed by atoms with Crippen molar-refractivity contribution < 1.29 is 18.5 Å². The molecule has 224 valence electrons. The quantitative estimate of drug-likeness (QED) is 0.131. The van der Waals surface area contributed by atoms with Crippen LogP contribution in [0.4, 0.5) is 0 Å². The van der Waals surface area contributed by atoms with Gasteiger partial charge in [-0.1, -0.05) is 105 Å². The molecule has 0 saturated heterocycles. The zero-order chi connectivity index (χ0) is 30.8. The maximum Gasteiger partial charge on any atom is 0.271 e. The van der Waals surface area contributed by atoms with Gasteiger partial charge < -0.3 is 19.5 Å². The summed E-state index contributed by atoms with van der Waals surface area (Å²) in [4.78, 5) is 24.2. The highest BCUT2D eigenvalue weighted by atomic mass is 28.4. The van der Waals surface area contributed by atoms with E-state index in [9.17, 15) is 9.59 Å². The average Bonchev–Trinajstić information content (AvgIpc) is 3.66. The molecule has 1 heterocycles. The zero-order valence-electron chi connectivity index (χ0n) is 25.9. The summed E-state index contributed by atoms with van der Waals surface area (Å²) in [5, 5.41) is 4.13. The summed E-state index contributed by atoms with van der Waals surface area (Å²) in [7, 11) is -2.25. The number of benzene rings is 3. The number of primary amides is 1. The molecule has 2 N–H and O–H groups in total. The summed E-state index contributed by atoms with van der Waals surface area (Å²) in [6.45, 7) is 11.1. The van der Waals surface area contributed by atoms with E-state index in [2.05, 4.69) is 87.6 Å². The number of carbonyl (C=O) groups excluding carboxylic acids is 2. The predicted octanol–water partition coefficient (Wildman–Crippen LogP) is 8.42. The molecular weight excluding hydrogens is 552 g/mol. The van der Waals surface area contributed by atoms with Gasteiger partial charge in [0.05, 0.1) is 17.1 Å². The Morgan fingerprint density at radius 2 is 1.56 bits per heavy atom. The van der Waals surface area contributed by atoms with Crippen LogP contribution in [-0.4, -0.2) is 25.7 Å². The average molecular weight is 595 g/mol. The molecule has 1 amide bonds. The normalized spacial score (nSPS) is 15.2. The third-order valence-corrected chi connectivity index (χ3v) is 13.7. The molecule has 5 rings (SSSR count). The lowest BCUT2D eigenvalue weighted by Gasteiger charge is -2.39. The van der Waals surface area contributed by atoms with Gasteiger partial charge in [-0.2, -0.15) is 0 Å². The molecule has 6 nitrogen and oxygen atoms in total. The molecule has 1 atom stereocenters. The minimum atomic E-state index is -2.25. The maximum atomic E-state index is 12.6. The first-order valence-electron chi connectivity index (χ1n) is 15.1. The molecule has 0 aliphatic heterocycles. The lowest BCUT2D eigenvalue weighted by atomic mass is 9.94. The van der Waals surface area contributed by atoms with E-state index in [4.69, 9.17) is 14.7 Å². The lowest BCUT2D eigenvalue weighted by Crippen LogP contribution is -2.42. The van der Waals surface area contributed by atoms with E-state index in [1.165, 1.54) is 5.56 Å². The molecule has 1 saturated carbocycles. The van der Waals surface area contributed by atoms with Gasteiger partial charge in [-0.05, 0) is 72.5 Å². The molecule has 1 fully saturated rings. The van der Waals surface area contributed by atoms with E-state index < -0.39 is 20.3 Å². The Labute approximate surface area is 255 Å². The predicted molar refractivity (Wildman–Crippen MR) is 173 cm³/mol. The SMILES string of the molecule is CC(C)(C)[Si](C)(C)OC(CCCc1ccccc1)c1c(C(N)=O)noc1-c1ccc(-c2ccc(C3(C=O)CC3)cc2)cc1. The Morgan fingerprint density at radius 3 is 2.09 bits per heavy atom. The first-order valence-corrected chi connectivity index (χ1v) is 18.0. The standard InChI is InChI=1S/C36H42N2O4Si/c1-35(2,3)43(4,5)42-30(13-9-12-25-10-7-6-8-11-25)31-32(34(37)40)38-41-33(31)28-16-14-26(15-17-28)27-18-20-29(21-19-27)36(24-39)22-23-36/h6-8,10-11,14-21,24,30H,9,12-13,22-23H2,1-5H3,(H2,37,40). The number of aryl methyl sites for hydroxylation is 1. The minimum absolute atomic E-state index is 0.0308. The van der Waals surface area contributed by atoms with Crippen LogP contribution in [0.3, 0.4) is 0 Å². The number of nitrogens with two attached hydrogens (primary N) is 1. The summed E-state index contributed by atoms with van der Waals surface area (Å²) in [6.07, 6.45) is 4.98. The number of aldehydes is 1. The number of carbonyl (C=O) groups is 2. The van der Waals surface area contributed by atoms with Crippen LogP contribution in [0.15, 0.2) is 83.4 Å². The highest BCUT2D eigenvalue weighted by molar-refractivity contribution is 6.74. The third kappa shape index (κ3) is 6.58. The van der Waals surface area contributed by atoms with E-state index in [0.717, 1.165) is 54.2 Å². The highest BCUT2D eigenvalue weighted by Crippen LogP contribution is 2.47. The monoisotopic (exact) mass is 594 g/mol. The molecule has 1 unspecified atom stereocenters. The van der Waals surface area contributed by atoms with Gasteiger partial charge in [0.1, 0.15) is 6.29 Å². The van der Waals surface area contributed by atoms with Crippen LogP contribution in [0.2, 0.25) is 18.1 Å². The Kier molecular flexibility index (Phi) is 8.59. The second-order valence-electron chi connectivity index (χ2n) is 13.3. The highest BCUT2D eigenvalue weighted by Gasteiger charge is 2.44. The summed E-state index contributed by atoms with van der Waals surface area (Å²) in [6, 6.07) is 26.7. The molecule has 0 spiro atoms. The number of hydrogen-bond acceptors (Lipinski definition) is 5. The number of nitrogens with zero attached hydrogens (tertiary/aromatic N) is 1. The van der Waals surface area contributed by atoms with Crippen LogP contribution in [0.25, 0.3) is 22.5 Å². The molecule has 43 heavy (non-hydrogen) atoms. The van der Waals surface area contributed by atoms with Gasteiger partial charge in [0.25, 0.3) is 5.91 Å². The molecule has 0 radical (unpaired) electrons. The number of amides is 1. The first kappa shape index (κ1) is 30.6. The minimum Gasteiger partial charge on any atom is -0.410 e. The van der Waals surface area contributed by atoms with Crippen LogP contribution < -0.4 is 5.73 Å². The Balaban J connectivity index is 1.46. The first-order chi connectivity index (χ1) is 20.4. The van der Waals surface area contributed by atoms with E-state index >= 15 is 0 Å². The van der Waals surface area contributed by atoms with Crippen molar-refractivity contribution in [2.24, 2.45) is 5.73 Å². The largest absolute Gasteiger partial charge is 0.410 e. The van der Waals surface area contributed by atoms with Crippen LogP contribution in [-0.2, 0) is 21.1 Å². The van der Waals surface area contributed by atoms with Crippen molar-refractivity contribution in [2.75, 3.05) is 0 Å². The fourth-order valence-electron chi connectivity index (χ4n) is 5.33. The number of aromatic nitrogens is 1. The van der Waals surface area contributed by atoms with Gasteiger partial charge in [0.2, 0.25) is 0 Å². The van der Waals surface area contributed by atoms with E-state index in [1.807, 2.05) is 30.3 Å². The van der Waals surface area contributed by atoms with Crippen molar-refractivity contribution in [1.82, 2.24) is 5.16 Å². The van der Waals surface area contributed by atoms with Crippen molar-refractivity contribution in [1.29, 1.82) is 0 Å². The topological polar surface area (TPSA) is 95.4 Å². The van der Waals surface area contributed by atoms with Crippen molar-refractivity contribution in [3.63, 3.8) is 0 Å². The molecule has 1 aliphatic carbocycles. The molecule has 1 aromatic heterocycles. The third-order valence-electron chi connectivity index (χ3n) is 9.26. The van der Waals surface area contributed by atoms with Gasteiger partial charge in [-0.25, -0.2) is 0 Å². The van der Waals surface area contributed by atoms with Gasteiger partial charge in [0.15, 0.2) is 19.8 Å². The number of rotatable bonds is 12. The van der Waals surface area contributed by atoms with Crippen LogP contribution in [0, 0.1) is 0 Å². The van der Waals surface area contributed by atoms with Crippen molar-refractivity contribution in [3.05, 3.63) is 101 Å². The zero-order valence-corrected chi connectivity index (χ0v) is 26.9. The van der Waals surface area contributed by atoms with E-state index in [1.54, 1.807) is 0 Å². The molecular formula is C36H42N2O4Si. The van der Waals surface area contributed by atoms with Gasteiger partial charge in [-0.3, -0.25) is 4.79 Å². The second kappa shape index (κ2) is 12.1. The Morgan fingerprint density at radius 1 is 0.977 bits per heavy atom. The van der Waals surface area contributed by atoms with Crippen molar-refractivity contribution in [3.8, 4) is 22.5 Å². The van der Waals surface area contributed by atoms with Gasteiger partial charge >= 0.3 is 0 Å². The molecule has 0 bridgehead atoms. The summed E-state index contributed by atoms with van der Waals surface area (Å²) >= 11 is 0. The van der Waals surface area contributed by atoms with Gasteiger partial charge in [0, 0.05) is 5.56 Å². The molecule has 7 heteroatoms. The molecule has 4 aromatic rings. The number of hydrogen-bond donors (Lipinski definition) is 1. The Bertz CT molecular complexity index is 1560. The fraction of sp³-hybridized carbons (Fsp3) is 0.361. The van der Waals surface area contributed by atoms with Crippen LogP contribution in [0.1, 0.15) is 79.7 Å². The molecule has 3 aromatic carbocycles. The van der Waals surface area contributed by atoms with Crippen molar-refractivity contribution >= 4 is 20.5 Å². The second-order valence-corrected chi connectivity index (χ2v) is 18.1. The van der Waals surface area contributed by atoms with E-state index in [-0.39, 0.29) is 16.1 Å². The van der Waals surface area contributed by atoms with Crippen molar-refractivity contribution in [2.45, 2.75) is 82.5 Å². The van der Waals surface area contributed by atoms with Crippen LogP contribution in [0.5, 0.6) is 0 Å². The summed E-state index contributed by atoms with van der Waals surface area (Å²) < 4.78 is 12.8. The lowest BCUT2D eigenvalue weighted by molar-refractivity contribution is -0.109. The van der Waals surface area contributed by atoms with Crippen LogP contribution >= 0.6 is 0 Å². The van der Waals surface area contributed by atoms with Gasteiger partial charge in [-0.15, -0.1) is 0 Å².